The van der Waals surface area contributed by atoms with Crippen LogP contribution in [-0.4, -0.2) is 48.5 Å². The van der Waals surface area contributed by atoms with Crippen LogP contribution in [0.15, 0.2) is 0 Å². The molecular weight excluding hydrogens is 180 g/mol. The van der Waals surface area contributed by atoms with Crippen molar-refractivity contribution < 1.29 is 9.84 Å². The standard InChI is InChI=1S/C10H18N2O2/c1-8(2)10(13)6-12-3-4-14-7-9(12)5-11/h8-10,13H,3-4,6-7H2,1-2H3. The van der Waals surface area contributed by atoms with E-state index in [2.05, 4.69) is 6.07 Å². The van der Waals surface area contributed by atoms with E-state index in [4.69, 9.17) is 10.00 Å². The van der Waals surface area contributed by atoms with Crippen molar-refractivity contribution in [3.8, 4) is 6.07 Å². The van der Waals surface area contributed by atoms with Crippen molar-refractivity contribution in [3.05, 3.63) is 0 Å². The van der Waals surface area contributed by atoms with Crippen LogP contribution in [0.25, 0.3) is 0 Å². The smallest absolute Gasteiger partial charge is 0.122 e. The number of nitrogens with zero attached hydrogens (tertiary/aromatic N) is 2. The van der Waals surface area contributed by atoms with Gasteiger partial charge >= 0.3 is 0 Å². The molecule has 1 N–H and O–H groups in total. The number of ether oxygens (including phenoxy) is 1. The summed E-state index contributed by atoms with van der Waals surface area (Å²) >= 11 is 0. The molecule has 0 amide bonds. The average Bonchev–Trinajstić information content (AvgIpc) is 2.18. The molecular formula is C10H18N2O2. The van der Waals surface area contributed by atoms with Crippen molar-refractivity contribution >= 4 is 0 Å². The minimum atomic E-state index is -0.357. The number of aliphatic hydroxyl groups is 1. The number of rotatable bonds is 3. The summed E-state index contributed by atoms with van der Waals surface area (Å²) in [5, 5.41) is 18.6. The molecule has 1 heterocycles. The molecule has 1 saturated heterocycles. The SMILES string of the molecule is CC(C)C(O)CN1CCOCC1C#N. The zero-order valence-corrected chi connectivity index (χ0v) is 8.81. The third-order valence-corrected chi connectivity index (χ3v) is 2.58. The zero-order valence-electron chi connectivity index (χ0n) is 8.81. The lowest BCUT2D eigenvalue weighted by Crippen LogP contribution is -2.48. The van der Waals surface area contributed by atoms with E-state index >= 15 is 0 Å². The van der Waals surface area contributed by atoms with Gasteiger partial charge < -0.3 is 9.84 Å². The predicted molar refractivity (Wildman–Crippen MR) is 52.6 cm³/mol. The molecule has 1 aliphatic heterocycles. The molecule has 1 fully saturated rings. The van der Waals surface area contributed by atoms with Crippen molar-refractivity contribution in [2.75, 3.05) is 26.3 Å². The molecule has 2 atom stereocenters. The van der Waals surface area contributed by atoms with E-state index in [1.807, 2.05) is 18.7 Å². The van der Waals surface area contributed by atoms with E-state index in [1.54, 1.807) is 0 Å². The van der Waals surface area contributed by atoms with Gasteiger partial charge in [0.1, 0.15) is 6.04 Å². The Labute approximate surface area is 85.1 Å². The molecule has 0 radical (unpaired) electrons. The Morgan fingerprint density at radius 1 is 1.64 bits per heavy atom. The Balaban J connectivity index is 2.45. The maximum Gasteiger partial charge on any atom is 0.122 e. The lowest BCUT2D eigenvalue weighted by atomic mass is 10.1. The summed E-state index contributed by atoms with van der Waals surface area (Å²) in [4.78, 5) is 1.99. The Hall–Kier alpha value is -0.630. The van der Waals surface area contributed by atoms with Gasteiger partial charge in [-0.25, -0.2) is 0 Å². The molecule has 4 nitrogen and oxygen atoms in total. The van der Waals surface area contributed by atoms with Gasteiger partial charge in [-0.15, -0.1) is 0 Å². The number of hydrogen-bond donors (Lipinski definition) is 1. The molecule has 0 bridgehead atoms. The van der Waals surface area contributed by atoms with Gasteiger partial charge in [-0.2, -0.15) is 5.26 Å². The van der Waals surface area contributed by atoms with Crippen LogP contribution >= 0.6 is 0 Å². The number of β-amino-alcohol motifs (C(OH)–C–C–N with tert-alkyl or cyclic N) is 1. The van der Waals surface area contributed by atoms with Gasteiger partial charge in [-0.1, -0.05) is 13.8 Å². The van der Waals surface area contributed by atoms with Crippen LogP contribution in [0, 0.1) is 17.2 Å². The predicted octanol–water partition coefficient (Wildman–Crippen LogP) is 0.228. The van der Waals surface area contributed by atoms with Gasteiger partial charge in [0, 0.05) is 13.1 Å². The number of nitriles is 1. The monoisotopic (exact) mass is 198 g/mol. The summed E-state index contributed by atoms with van der Waals surface area (Å²) in [6, 6.07) is 1.99. The van der Waals surface area contributed by atoms with Crippen LogP contribution in [0.3, 0.4) is 0 Å². The van der Waals surface area contributed by atoms with E-state index < -0.39 is 0 Å². The second-order valence-electron chi connectivity index (χ2n) is 4.03. The molecule has 0 spiro atoms. The molecule has 0 saturated carbocycles. The quantitative estimate of drug-likeness (QED) is 0.705. The van der Waals surface area contributed by atoms with Gasteiger partial charge in [-0.3, -0.25) is 4.90 Å². The van der Waals surface area contributed by atoms with E-state index in [9.17, 15) is 5.11 Å². The van der Waals surface area contributed by atoms with Crippen molar-refractivity contribution in [1.82, 2.24) is 4.90 Å². The second kappa shape index (κ2) is 5.30. The first kappa shape index (κ1) is 11.4. The molecule has 80 valence electrons. The number of aliphatic hydroxyl groups excluding tert-OH is 1. The minimum absolute atomic E-state index is 0.197. The molecule has 2 unspecified atom stereocenters. The van der Waals surface area contributed by atoms with Crippen molar-refractivity contribution in [2.24, 2.45) is 5.92 Å². The topological polar surface area (TPSA) is 56.5 Å². The van der Waals surface area contributed by atoms with E-state index in [1.165, 1.54) is 0 Å². The van der Waals surface area contributed by atoms with Crippen LogP contribution in [0.2, 0.25) is 0 Å². The Morgan fingerprint density at radius 2 is 2.36 bits per heavy atom. The molecule has 14 heavy (non-hydrogen) atoms. The van der Waals surface area contributed by atoms with E-state index in [-0.39, 0.29) is 18.1 Å². The third kappa shape index (κ3) is 2.95. The Bertz CT molecular complexity index is 213. The highest BCUT2D eigenvalue weighted by molar-refractivity contribution is 4.94. The third-order valence-electron chi connectivity index (χ3n) is 2.58. The van der Waals surface area contributed by atoms with Gasteiger partial charge in [0.05, 0.1) is 25.4 Å². The lowest BCUT2D eigenvalue weighted by molar-refractivity contribution is -0.0159. The van der Waals surface area contributed by atoms with Gasteiger partial charge in [0.15, 0.2) is 0 Å². The maximum absolute atomic E-state index is 9.70. The number of hydrogen-bond acceptors (Lipinski definition) is 4. The second-order valence-corrected chi connectivity index (χ2v) is 4.03. The van der Waals surface area contributed by atoms with Crippen molar-refractivity contribution in [1.29, 1.82) is 5.26 Å². The van der Waals surface area contributed by atoms with Crippen LogP contribution in [0.1, 0.15) is 13.8 Å². The highest BCUT2D eigenvalue weighted by atomic mass is 16.5. The molecule has 1 aliphatic rings. The maximum atomic E-state index is 9.70. The number of morpholine rings is 1. The summed E-state index contributed by atoms with van der Waals surface area (Å²) < 4.78 is 5.20. The van der Waals surface area contributed by atoms with Gasteiger partial charge in [-0.05, 0) is 5.92 Å². The fourth-order valence-electron chi connectivity index (χ4n) is 1.43. The molecule has 0 aromatic rings. The van der Waals surface area contributed by atoms with Crippen LogP contribution in [0.4, 0.5) is 0 Å². The van der Waals surface area contributed by atoms with Crippen LogP contribution < -0.4 is 0 Å². The first-order chi connectivity index (χ1) is 6.65. The summed E-state index contributed by atoms with van der Waals surface area (Å²) in [5.41, 5.74) is 0. The van der Waals surface area contributed by atoms with Crippen molar-refractivity contribution in [2.45, 2.75) is 26.0 Å². The van der Waals surface area contributed by atoms with Gasteiger partial charge in [0.25, 0.3) is 0 Å². The van der Waals surface area contributed by atoms with Gasteiger partial charge in [0.2, 0.25) is 0 Å². The highest BCUT2D eigenvalue weighted by Crippen LogP contribution is 2.10. The fourth-order valence-corrected chi connectivity index (χ4v) is 1.43. The largest absolute Gasteiger partial charge is 0.392 e. The summed E-state index contributed by atoms with van der Waals surface area (Å²) in [5.74, 6) is 0.234. The van der Waals surface area contributed by atoms with Crippen LogP contribution in [-0.2, 0) is 4.74 Å². The lowest BCUT2D eigenvalue weighted by Gasteiger charge is -2.33. The first-order valence-electron chi connectivity index (χ1n) is 5.04. The molecule has 0 aliphatic carbocycles. The highest BCUT2D eigenvalue weighted by Gasteiger charge is 2.25. The molecule has 0 aromatic heterocycles. The first-order valence-corrected chi connectivity index (χ1v) is 5.04. The average molecular weight is 198 g/mol. The molecule has 4 heteroatoms. The fraction of sp³-hybridized carbons (Fsp3) is 0.900. The van der Waals surface area contributed by atoms with E-state index in [0.29, 0.717) is 19.8 Å². The minimum Gasteiger partial charge on any atom is -0.392 e. The zero-order chi connectivity index (χ0) is 10.6. The van der Waals surface area contributed by atoms with Crippen LogP contribution in [0.5, 0.6) is 0 Å². The summed E-state index contributed by atoms with van der Waals surface area (Å²) in [7, 11) is 0. The summed E-state index contributed by atoms with van der Waals surface area (Å²) in [6.07, 6.45) is -0.357. The normalized spacial score (nSPS) is 26.1. The molecule has 1 rings (SSSR count). The molecule has 0 aromatic carbocycles. The Kier molecular flexibility index (Phi) is 4.33. The van der Waals surface area contributed by atoms with Crippen molar-refractivity contribution in [3.63, 3.8) is 0 Å². The summed E-state index contributed by atoms with van der Waals surface area (Å²) in [6.45, 7) is 6.38. The Morgan fingerprint density at radius 3 is 2.93 bits per heavy atom. The van der Waals surface area contributed by atoms with E-state index in [0.717, 1.165) is 6.54 Å².